The molecule has 138 valence electrons. The van der Waals surface area contributed by atoms with Gasteiger partial charge in [-0.1, -0.05) is 79.4 Å². The van der Waals surface area contributed by atoms with Crippen molar-refractivity contribution in [2.75, 3.05) is 0 Å². The summed E-state index contributed by atoms with van der Waals surface area (Å²) < 4.78 is 0. The van der Waals surface area contributed by atoms with E-state index in [0.717, 1.165) is 11.8 Å². The first-order chi connectivity index (χ1) is 12.7. The summed E-state index contributed by atoms with van der Waals surface area (Å²) in [6.45, 7) is 20.2. The Balaban J connectivity index is 0. The van der Waals surface area contributed by atoms with Crippen LogP contribution in [0.2, 0.25) is 0 Å². The molecule has 1 heteroatoms. The van der Waals surface area contributed by atoms with E-state index in [1.54, 1.807) is 17.7 Å². The number of fused-ring (bicyclic) bond motifs is 2. The van der Waals surface area contributed by atoms with Gasteiger partial charge in [-0.05, 0) is 44.1 Å². The predicted molar refractivity (Wildman–Crippen MR) is 119 cm³/mol. The highest BCUT2D eigenvalue weighted by Crippen LogP contribution is 2.42. The lowest BCUT2D eigenvalue weighted by Gasteiger charge is -2.05. The highest BCUT2D eigenvalue weighted by Gasteiger charge is 2.29. The molecular formula is C25H33N. The summed E-state index contributed by atoms with van der Waals surface area (Å²) in [4.78, 5) is 0. The van der Waals surface area contributed by atoms with E-state index in [0.29, 0.717) is 0 Å². The Morgan fingerprint density at radius 2 is 1.58 bits per heavy atom. The van der Waals surface area contributed by atoms with Crippen molar-refractivity contribution < 1.29 is 0 Å². The van der Waals surface area contributed by atoms with Crippen LogP contribution < -0.4 is 0 Å². The number of benzene rings is 1. The summed E-state index contributed by atoms with van der Waals surface area (Å²) in [7, 11) is 0. The smallest absolute Gasteiger partial charge is 0.0905 e. The molecule has 1 aromatic carbocycles. The zero-order valence-corrected chi connectivity index (χ0v) is 16.4. The first-order valence-corrected chi connectivity index (χ1v) is 8.75. The Hall–Kier alpha value is -2.85. The Kier molecular flexibility index (Phi) is 18.1. The molecule has 2 aliphatic rings. The lowest BCUT2D eigenvalue weighted by Crippen LogP contribution is -1.90. The minimum absolute atomic E-state index is 0.833. The van der Waals surface area contributed by atoms with Gasteiger partial charge in [0, 0.05) is 6.08 Å². The van der Waals surface area contributed by atoms with Crippen molar-refractivity contribution >= 4 is 6.08 Å². The van der Waals surface area contributed by atoms with E-state index in [1.165, 1.54) is 24.5 Å². The molecule has 2 bridgehead atoms. The molecular weight excluding hydrogens is 314 g/mol. The minimum Gasteiger partial charge on any atom is -0.193 e. The number of hydrogen-bond acceptors (Lipinski definition) is 1. The molecule has 0 aliphatic heterocycles. The quantitative estimate of drug-likeness (QED) is 0.380. The Labute approximate surface area is 161 Å². The lowest BCUT2D eigenvalue weighted by molar-refractivity contribution is 0.693. The maximum atomic E-state index is 7.51. The van der Waals surface area contributed by atoms with Gasteiger partial charge in [-0.25, -0.2) is 0 Å². The standard InChI is InChI=1S/C9H12.C8H8.C3H3N.C3H6.C2H4/c1-2-8-5-7-3-4-9(8)6-7;1-2-8-6-4-3-5-7-8;1-2-3-4;1-3-2;1-2/h2-4,7,9H,5-6H2,1H3;2-7H,1H2;2H,1H2;3H,1H2,2H3;1-2H2/b8-2+;;;;. The minimum atomic E-state index is 0.833. The third kappa shape index (κ3) is 11.6. The van der Waals surface area contributed by atoms with E-state index in [4.69, 9.17) is 5.26 Å². The molecule has 1 aromatic rings. The van der Waals surface area contributed by atoms with E-state index in [-0.39, 0.29) is 0 Å². The molecule has 2 aliphatic carbocycles. The molecule has 2 unspecified atom stereocenters. The number of rotatable bonds is 1. The first-order valence-electron chi connectivity index (χ1n) is 8.75. The second-order valence-electron chi connectivity index (χ2n) is 5.41. The first kappa shape index (κ1) is 25.4. The molecule has 0 amide bonds. The van der Waals surface area contributed by atoms with Crippen LogP contribution in [-0.4, -0.2) is 0 Å². The maximum Gasteiger partial charge on any atom is 0.0905 e. The van der Waals surface area contributed by atoms with Gasteiger partial charge >= 0.3 is 0 Å². The van der Waals surface area contributed by atoms with Crippen LogP contribution in [0.15, 0.2) is 99.2 Å². The van der Waals surface area contributed by atoms with Crippen LogP contribution in [0.25, 0.3) is 6.08 Å². The summed E-state index contributed by atoms with van der Waals surface area (Å²) >= 11 is 0. The maximum absolute atomic E-state index is 7.51. The number of hydrogen-bond donors (Lipinski definition) is 0. The topological polar surface area (TPSA) is 23.8 Å². The van der Waals surface area contributed by atoms with Crippen LogP contribution in [0, 0.1) is 23.2 Å². The molecule has 0 N–H and O–H groups in total. The highest BCUT2D eigenvalue weighted by atomic mass is 14.3. The fraction of sp³-hybridized carbons (Fsp3) is 0.240. The van der Waals surface area contributed by atoms with Crippen molar-refractivity contribution in [2.45, 2.75) is 26.7 Å². The van der Waals surface area contributed by atoms with Gasteiger partial charge in [-0.3, -0.25) is 0 Å². The normalized spacial score (nSPS) is 18.7. The van der Waals surface area contributed by atoms with Gasteiger partial charge in [0.25, 0.3) is 0 Å². The third-order valence-corrected chi connectivity index (χ3v) is 3.64. The summed E-state index contributed by atoms with van der Waals surface area (Å²) in [5.74, 6) is 1.74. The SMILES string of the molecule is C/C=C1\CC2C=CC1C2.C=C.C=CC.C=CC#N.C=Cc1ccccc1. The molecule has 0 radical (unpaired) electrons. The van der Waals surface area contributed by atoms with Gasteiger partial charge in [-0.15, -0.1) is 19.7 Å². The number of nitrogens with zero attached hydrogens (tertiary/aromatic N) is 1. The van der Waals surface area contributed by atoms with Crippen LogP contribution in [0.5, 0.6) is 0 Å². The van der Waals surface area contributed by atoms with E-state index < -0.39 is 0 Å². The average Bonchev–Trinajstić information content (AvgIpc) is 3.35. The van der Waals surface area contributed by atoms with Crippen molar-refractivity contribution in [3.8, 4) is 6.07 Å². The summed E-state index contributed by atoms with van der Waals surface area (Å²) in [6, 6.07) is 11.7. The van der Waals surface area contributed by atoms with Crippen LogP contribution in [0.4, 0.5) is 0 Å². The molecule has 26 heavy (non-hydrogen) atoms. The van der Waals surface area contributed by atoms with Gasteiger partial charge in [-0.2, -0.15) is 5.26 Å². The zero-order valence-electron chi connectivity index (χ0n) is 16.4. The van der Waals surface area contributed by atoms with E-state index >= 15 is 0 Å². The van der Waals surface area contributed by atoms with Crippen LogP contribution in [-0.2, 0) is 0 Å². The number of nitriles is 1. The van der Waals surface area contributed by atoms with Crippen molar-refractivity contribution in [3.63, 3.8) is 0 Å². The molecule has 0 heterocycles. The monoisotopic (exact) mass is 347 g/mol. The van der Waals surface area contributed by atoms with Gasteiger partial charge in [0.15, 0.2) is 0 Å². The van der Waals surface area contributed by atoms with Crippen LogP contribution >= 0.6 is 0 Å². The van der Waals surface area contributed by atoms with Crippen molar-refractivity contribution in [2.24, 2.45) is 11.8 Å². The van der Waals surface area contributed by atoms with Crippen molar-refractivity contribution in [3.05, 3.63) is 105 Å². The van der Waals surface area contributed by atoms with E-state index in [1.807, 2.05) is 43.3 Å². The van der Waals surface area contributed by atoms with Crippen LogP contribution in [0.3, 0.4) is 0 Å². The summed E-state index contributed by atoms with van der Waals surface area (Å²) in [5.41, 5.74) is 2.84. The lowest BCUT2D eigenvalue weighted by atomic mass is 10.0. The van der Waals surface area contributed by atoms with Gasteiger partial charge in [0.1, 0.15) is 0 Å². The second-order valence-corrected chi connectivity index (χ2v) is 5.41. The zero-order chi connectivity index (χ0) is 20.2. The largest absolute Gasteiger partial charge is 0.193 e. The van der Waals surface area contributed by atoms with Crippen molar-refractivity contribution in [1.29, 1.82) is 5.26 Å². The fourth-order valence-corrected chi connectivity index (χ4v) is 2.58. The molecule has 1 fully saturated rings. The Morgan fingerprint density at radius 1 is 1.04 bits per heavy atom. The molecule has 1 nitrogen and oxygen atoms in total. The molecule has 0 saturated heterocycles. The molecule has 2 atom stereocenters. The molecule has 0 aromatic heterocycles. The molecule has 0 spiro atoms. The Morgan fingerprint density at radius 3 is 1.81 bits per heavy atom. The van der Waals surface area contributed by atoms with Crippen LogP contribution in [0.1, 0.15) is 32.3 Å². The fourth-order valence-electron chi connectivity index (χ4n) is 2.58. The average molecular weight is 348 g/mol. The van der Waals surface area contributed by atoms with Gasteiger partial charge in [0.05, 0.1) is 6.07 Å². The van der Waals surface area contributed by atoms with Gasteiger partial charge < -0.3 is 0 Å². The van der Waals surface area contributed by atoms with Crippen molar-refractivity contribution in [1.82, 2.24) is 0 Å². The van der Waals surface area contributed by atoms with Gasteiger partial charge in [0.2, 0.25) is 0 Å². The second kappa shape index (κ2) is 18.5. The Bertz CT molecular complexity index is 599. The molecule has 1 saturated carbocycles. The summed E-state index contributed by atoms with van der Waals surface area (Å²) in [6.07, 6.45) is 14.5. The highest BCUT2D eigenvalue weighted by molar-refractivity contribution is 5.45. The third-order valence-electron chi connectivity index (χ3n) is 3.64. The van der Waals surface area contributed by atoms with E-state index in [2.05, 4.69) is 58.0 Å². The predicted octanol–water partition coefficient (Wildman–Crippen LogP) is 7.55. The van der Waals surface area contributed by atoms with E-state index in [9.17, 15) is 0 Å². The molecule has 3 rings (SSSR count). The summed E-state index contributed by atoms with van der Waals surface area (Å²) in [5, 5.41) is 7.51. The number of allylic oxidation sites excluding steroid dienone is 6.